The maximum atomic E-state index is 6.02. The smallest absolute Gasteiger partial charge is 0.212 e. The van der Waals surface area contributed by atoms with Crippen LogP contribution in [0.3, 0.4) is 0 Å². The molecule has 3 heterocycles. The number of benzene rings is 1. The van der Waals surface area contributed by atoms with Gasteiger partial charge in [-0.2, -0.15) is 5.10 Å². The fourth-order valence-electron chi connectivity index (χ4n) is 3.40. The van der Waals surface area contributed by atoms with Crippen LogP contribution in [-0.4, -0.2) is 26.0 Å². The lowest BCUT2D eigenvalue weighted by atomic mass is 9.94. The summed E-state index contributed by atoms with van der Waals surface area (Å²) in [7, 11) is 0. The number of aromatic nitrogens is 3. The zero-order valence-corrected chi connectivity index (χ0v) is 15.7. The van der Waals surface area contributed by atoms with Crippen molar-refractivity contribution in [3.8, 4) is 0 Å². The summed E-state index contributed by atoms with van der Waals surface area (Å²) in [6.45, 7) is 8.45. The molecule has 0 saturated carbocycles. The highest BCUT2D eigenvalue weighted by Gasteiger charge is 2.31. The Bertz CT molecular complexity index is 865. The van der Waals surface area contributed by atoms with Crippen molar-refractivity contribution in [3.63, 3.8) is 0 Å². The molecule has 0 bridgehead atoms. The van der Waals surface area contributed by atoms with Crippen molar-refractivity contribution in [2.75, 3.05) is 6.54 Å². The van der Waals surface area contributed by atoms with Gasteiger partial charge in [-0.1, -0.05) is 48.9 Å². The maximum Gasteiger partial charge on any atom is 0.212 e. The maximum absolute atomic E-state index is 6.02. The van der Waals surface area contributed by atoms with E-state index in [1.165, 1.54) is 23.4 Å². The minimum Gasteiger partial charge on any atom is -0.290 e. The molecule has 4 rings (SSSR count). The van der Waals surface area contributed by atoms with Crippen LogP contribution in [0.4, 0.5) is 0 Å². The van der Waals surface area contributed by atoms with Gasteiger partial charge in [-0.15, -0.1) is 0 Å². The van der Waals surface area contributed by atoms with Gasteiger partial charge in [-0.25, -0.2) is 9.50 Å². The molecule has 126 valence electrons. The molecule has 0 radical (unpaired) electrons. The predicted octanol–water partition coefficient (Wildman–Crippen LogP) is 4.82. The number of halogens is 1. The summed E-state index contributed by atoms with van der Waals surface area (Å²) in [5.41, 5.74) is 3.76. The molecule has 0 spiro atoms. The molecule has 1 unspecified atom stereocenters. The summed E-state index contributed by atoms with van der Waals surface area (Å²) in [5.74, 6) is 0.407. The Balaban J connectivity index is 1.64. The lowest BCUT2D eigenvalue weighted by Gasteiger charge is -2.41. The summed E-state index contributed by atoms with van der Waals surface area (Å²) >= 11 is 7.68. The third-order valence-electron chi connectivity index (χ3n) is 4.71. The monoisotopic (exact) mass is 360 g/mol. The Morgan fingerprint density at radius 1 is 1.29 bits per heavy atom. The standard InChI is InChI=1S/C18H21ClN4S/c1-11(2)17-16(23-18(20-17)24-12(3)21-23)10-22-9-8-15(22)13-4-6-14(19)7-5-13/h4-7,11,15H,8-10H2,1-3H3. The molecule has 1 saturated heterocycles. The Morgan fingerprint density at radius 2 is 2.04 bits per heavy atom. The number of hydrogen-bond donors (Lipinski definition) is 0. The lowest BCUT2D eigenvalue weighted by molar-refractivity contribution is 0.0793. The van der Waals surface area contributed by atoms with Crippen LogP contribution in [0.25, 0.3) is 4.96 Å². The van der Waals surface area contributed by atoms with Crippen LogP contribution in [0.1, 0.15) is 54.2 Å². The highest BCUT2D eigenvalue weighted by Crippen LogP contribution is 2.36. The number of fused-ring (bicyclic) bond motifs is 1. The van der Waals surface area contributed by atoms with Crippen LogP contribution >= 0.6 is 22.9 Å². The van der Waals surface area contributed by atoms with E-state index in [-0.39, 0.29) is 0 Å². The molecule has 3 aromatic rings. The molecule has 1 fully saturated rings. The number of imidazole rings is 1. The molecule has 1 aliphatic rings. The van der Waals surface area contributed by atoms with Gasteiger partial charge >= 0.3 is 0 Å². The van der Waals surface area contributed by atoms with Gasteiger partial charge in [0.05, 0.1) is 11.4 Å². The van der Waals surface area contributed by atoms with Gasteiger partial charge in [0.25, 0.3) is 0 Å². The van der Waals surface area contributed by atoms with Crippen LogP contribution in [0.15, 0.2) is 24.3 Å². The van der Waals surface area contributed by atoms with Crippen molar-refractivity contribution >= 4 is 27.9 Å². The topological polar surface area (TPSA) is 33.4 Å². The third kappa shape index (κ3) is 2.75. The van der Waals surface area contributed by atoms with Gasteiger partial charge in [-0.05, 0) is 37.0 Å². The molecule has 0 aliphatic carbocycles. The van der Waals surface area contributed by atoms with Crippen LogP contribution in [-0.2, 0) is 6.54 Å². The van der Waals surface area contributed by atoms with E-state index < -0.39 is 0 Å². The molecule has 6 heteroatoms. The first kappa shape index (κ1) is 16.1. The highest BCUT2D eigenvalue weighted by atomic mass is 35.5. The Labute approximate surface area is 151 Å². The predicted molar refractivity (Wildman–Crippen MR) is 98.9 cm³/mol. The lowest BCUT2D eigenvalue weighted by Crippen LogP contribution is -2.40. The normalized spacial score (nSPS) is 18.5. The van der Waals surface area contributed by atoms with Gasteiger partial charge in [0, 0.05) is 24.2 Å². The molecular weight excluding hydrogens is 340 g/mol. The summed E-state index contributed by atoms with van der Waals surface area (Å²) in [6, 6.07) is 8.71. The zero-order chi connectivity index (χ0) is 16.8. The minimum absolute atomic E-state index is 0.407. The first-order chi connectivity index (χ1) is 11.5. The number of aryl methyl sites for hydroxylation is 1. The van der Waals surface area contributed by atoms with Gasteiger partial charge in [-0.3, -0.25) is 4.90 Å². The molecule has 4 nitrogen and oxygen atoms in total. The minimum atomic E-state index is 0.407. The van der Waals surface area contributed by atoms with Gasteiger partial charge in [0.15, 0.2) is 0 Å². The van der Waals surface area contributed by atoms with Crippen molar-refractivity contribution in [1.82, 2.24) is 19.5 Å². The average molecular weight is 361 g/mol. The Morgan fingerprint density at radius 3 is 2.67 bits per heavy atom. The van der Waals surface area contributed by atoms with E-state index in [1.807, 2.05) is 23.6 Å². The molecular formula is C18H21ClN4S. The van der Waals surface area contributed by atoms with E-state index >= 15 is 0 Å². The van der Waals surface area contributed by atoms with Crippen LogP contribution < -0.4 is 0 Å². The number of hydrogen-bond acceptors (Lipinski definition) is 4. The van der Waals surface area contributed by atoms with Gasteiger partial charge in [0.2, 0.25) is 4.96 Å². The van der Waals surface area contributed by atoms with Crippen LogP contribution in [0.2, 0.25) is 5.02 Å². The molecule has 1 aliphatic heterocycles. The Hall–Kier alpha value is -1.43. The summed E-state index contributed by atoms with van der Waals surface area (Å²) < 4.78 is 2.05. The zero-order valence-electron chi connectivity index (χ0n) is 14.2. The SMILES string of the molecule is Cc1nn2c(CN3CCC3c3ccc(Cl)cc3)c(C(C)C)nc2s1. The van der Waals surface area contributed by atoms with E-state index in [2.05, 4.69) is 36.0 Å². The number of likely N-dealkylation sites (tertiary alicyclic amines) is 1. The van der Waals surface area contributed by atoms with Crippen molar-refractivity contribution in [2.45, 2.75) is 45.7 Å². The molecule has 2 aromatic heterocycles. The first-order valence-electron chi connectivity index (χ1n) is 8.37. The van der Waals surface area contributed by atoms with Crippen LogP contribution in [0.5, 0.6) is 0 Å². The van der Waals surface area contributed by atoms with Crippen molar-refractivity contribution < 1.29 is 0 Å². The second-order valence-corrected chi connectivity index (χ2v) is 8.34. The van der Waals surface area contributed by atoms with E-state index in [1.54, 1.807) is 11.3 Å². The highest BCUT2D eigenvalue weighted by molar-refractivity contribution is 7.16. The quantitative estimate of drug-likeness (QED) is 0.668. The van der Waals surface area contributed by atoms with E-state index in [4.69, 9.17) is 16.6 Å². The number of nitrogens with zero attached hydrogens (tertiary/aromatic N) is 4. The largest absolute Gasteiger partial charge is 0.290 e. The second kappa shape index (κ2) is 6.14. The second-order valence-electron chi connectivity index (χ2n) is 6.74. The van der Waals surface area contributed by atoms with Crippen molar-refractivity contribution in [1.29, 1.82) is 0 Å². The van der Waals surface area contributed by atoms with Crippen molar-refractivity contribution in [3.05, 3.63) is 51.2 Å². The van der Waals surface area contributed by atoms with Crippen molar-refractivity contribution in [2.24, 2.45) is 0 Å². The van der Waals surface area contributed by atoms with E-state index in [0.29, 0.717) is 12.0 Å². The third-order valence-corrected chi connectivity index (χ3v) is 5.79. The van der Waals surface area contributed by atoms with E-state index in [9.17, 15) is 0 Å². The first-order valence-corrected chi connectivity index (χ1v) is 9.57. The molecule has 0 N–H and O–H groups in total. The van der Waals surface area contributed by atoms with Gasteiger partial charge in [0.1, 0.15) is 5.01 Å². The molecule has 1 atom stereocenters. The van der Waals surface area contributed by atoms with Gasteiger partial charge < -0.3 is 0 Å². The average Bonchev–Trinajstić information content (AvgIpc) is 3.02. The summed E-state index contributed by atoms with van der Waals surface area (Å²) in [6.07, 6.45) is 1.19. The van der Waals surface area contributed by atoms with E-state index in [0.717, 1.165) is 28.1 Å². The Kier molecular flexibility index (Phi) is 4.11. The summed E-state index contributed by atoms with van der Waals surface area (Å²) in [5, 5.41) is 6.52. The fourth-order valence-corrected chi connectivity index (χ4v) is 4.29. The van der Waals surface area contributed by atoms with Crippen LogP contribution in [0, 0.1) is 6.92 Å². The molecule has 1 aromatic carbocycles. The molecule has 0 amide bonds. The summed E-state index contributed by atoms with van der Waals surface area (Å²) in [4.78, 5) is 8.34. The number of rotatable bonds is 4. The fraction of sp³-hybridized carbons (Fsp3) is 0.444. The molecule has 24 heavy (non-hydrogen) atoms.